The monoisotopic (exact) mass is 724 g/mol. The maximum absolute atomic E-state index is 7.75. The number of anilines is 2. The minimum absolute atomic E-state index is 0.130. The summed E-state index contributed by atoms with van der Waals surface area (Å²) >= 11 is 1.81. The number of hydrogen-bond acceptors (Lipinski definition) is 7. The van der Waals surface area contributed by atoms with E-state index in [1.807, 2.05) is 23.9 Å². The molecule has 1 aliphatic carbocycles. The highest BCUT2D eigenvalue weighted by atomic mass is 32.2. The van der Waals surface area contributed by atoms with E-state index in [1.165, 1.54) is 49.5 Å². The van der Waals surface area contributed by atoms with Crippen LogP contribution < -0.4 is 19.3 Å². The van der Waals surface area contributed by atoms with Gasteiger partial charge in [0, 0.05) is 64.3 Å². The average Bonchev–Trinajstić information content (AvgIpc) is 3.54. The van der Waals surface area contributed by atoms with Crippen LogP contribution in [0, 0.1) is 0 Å². The molecule has 272 valence electrons. The van der Waals surface area contributed by atoms with Gasteiger partial charge in [-0.15, -0.1) is 11.8 Å². The molecule has 0 spiro atoms. The van der Waals surface area contributed by atoms with Gasteiger partial charge in [0.25, 0.3) is 0 Å². The van der Waals surface area contributed by atoms with Gasteiger partial charge in [0.1, 0.15) is 11.5 Å². The second-order valence-electron chi connectivity index (χ2n) is 14.5. The van der Waals surface area contributed by atoms with Gasteiger partial charge < -0.3 is 28.7 Å². The fourth-order valence-corrected chi connectivity index (χ4v) is 10.1. The van der Waals surface area contributed by atoms with Gasteiger partial charge in [0.2, 0.25) is 0 Å². The van der Waals surface area contributed by atoms with Crippen molar-refractivity contribution in [1.82, 2.24) is 0 Å². The summed E-state index contributed by atoms with van der Waals surface area (Å²) in [5.74, 6) is 1.78. The Morgan fingerprint density at radius 3 is 2.04 bits per heavy atom. The number of thioether (sulfide) groups is 1. The Labute approximate surface area is 317 Å². The molecule has 6 nitrogen and oxygen atoms in total. The van der Waals surface area contributed by atoms with E-state index < -0.39 is 5.60 Å². The maximum Gasteiger partial charge on any atom is 0.178 e. The predicted octanol–water partition coefficient (Wildman–Crippen LogP) is 9.68. The number of nitrogens with zero attached hydrogens (tertiary/aromatic N) is 2. The Hall–Kier alpha value is -4.43. The fourth-order valence-electron chi connectivity index (χ4n) is 9.44. The molecule has 0 aromatic heterocycles. The van der Waals surface area contributed by atoms with Crippen LogP contribution in [0.2, 0.25) is 0 Å². The van der Waals surface area contributed by atoms with E-state index in [0.717, 1.165) is 93.5 Å². The zero-order valence-corrected chi connectivity index (χ0v) is 32.1. The standard InChI is InChI=1S/C46H48N2O4S/c1-5-45(6-2)39-10-8-7-9-35(39)42-37-29-40(48-23-27-51-28-24-48)41(53-4)30-38(37)44-36(43(42)45)19-20-46(52-44,32-13-17-34(49-3)18-14-32)31-11-15-33(16-12-31)47-21-25-50-26-22-47/h7-20,29-30H,5-6,21-28H2,1-4H3. The lowest BCUT2D eigenvalue weighted by atomic mass is 9.71. The first-order chi connectivity index (χ1) is 26.0. The molecule has 2 fully saturated rings. The summed E-state index contributed by atoms with van der Waals surface area (Å²) in [6.45, 7) is 11.3. The molecule has 0 saturated carbocycles. The van der Waals surface area contributed by atoms with Crippen LogP contribution in [0.5, 0.6) is 11.5 Å². The molecule has 2 saturated heterocycles. The Bertz CT molecular complexity index is 2180. The molecule has 5 aromatic carbocycles. The summed E-state index contributed by atoms with van der Waals surface area (Å²) in [4.78, 5) is 6.17. The third kappa shape index (κ3) is 5.37. The molecular formula is C46H48N2O4S. The van der Waals surface area contributed by atoms with Gasteiger partial charge in [-0.25, -0.2) is 0 Å². The first kappa shape index (κ1) is 34.3. The van der Waals surface area contributed by atoms with Crippen molar-refractivity contribution >= 4 is 40.0 Å². The second kappa shape index (κ2) is 13.8. The quantitative estimate of drug-likeness (QED) is 0.148. The maximum atomic E-state index is 7.75. The van der Waals surface area contributed by atoms with Crippen molar-refractivity contribution in [2.45, 2.75) is 42.6 Å². The predicted molar refractivity (Wildman–Crippen MR) is 218 cm³/mol. The van der Waals surface area contributed by atoms with Crippen molar-refractivity contribution in [2.24, 2.45) is 0 Å². The molecule has 3 aliphatic heterocycles. The van der Waals surface area contributed by atoms with Crippen molar-refractivity contribution < 1.29 is 18.9 Å². The highest BCUT2D eigenvalue weighted by Crippen LogP contribution is 2.61. The number of hydrogen-bond donors (Lipinski definition) is 0. The van der Waals surface area contributed by atoms with Crippen LogP contribution in [0.3, 0.4) is 0 Å². The highest BCUT2D eigenvalue weighted by Gasteiger charge is 2.47. The van der Waals surface area contributed by atoms with E-state index in [4.69, 9.17) is 18.9 Å². The van der Waals surface area contributed by atoms with Gasteiger partial charge in [-0.3, -0.25) is 0 Å². The van der Waals surface area contributed by atoms with Crippen LogP contribution in [0.1, 0.15) is 54.5 Å². The van der Waals surface area contributed by atoms with Gasteiger partial charge in [-0.1, -0.05) is 68.5 Å². The third-order valence-corrected chi connectivity index (χ3v) is 13.1. The normalized spacial score (nSPS) is 20.2. The fraction of sp³-hybridized carbons (Fsp3) is 0.348. The number of rotatable bonds is 8. The summed E-state index contributed by atoms with van der Waals surface area (Å²) in [5.41, 5.74) is 10.4. The number of benzene rings is 5. The Morgan fingerprint density at radius 1 is 0.755 bits per heavy atom. The first-order valence-corrected chi connectivity index (χ1v) is 20.4. The molecule has 1 atom stereocenters. The zero-order valence-electron chi connectivity index (χ0n) is 31.2. The molecule has 9 rings (SSSR count). The van der Waals surface area contributed by atoms with Gasteiger partial charge in [0.05, 0.1) is 39.2 Å². The summed E-state index contributed by atoms with van der Waals surface area (Å²) in [7, 11) is 1.72. The lowest BCUT2D eigenvalue weighted by Crippen LogP contribution is -2.37. The van der Waals surface area contributed by atoms with Crippen molar-refractivity contribution in [2.75, 3.05) is 75.8 Å². The zero-order chi connectivity index (χ0) is 36.2. The number of ether oxygens (including phenoxy) is 4. The summed E-state index contributed by atoms with van der Waals surface area (Å²) in [5, 5.41) is 2.42. The van der Waals surface area contributed by atoms with E-state index >= 15 is 0 Å². The van der Waals surface area contributed by atoms with Gasteiger partial charge in [0.15, 0.2) is 5.60 Å². The van der Waals surface area contributed by atoms with Crippen molar-refractivity contribution in [3.8, 4) is 22.6 Å². The van der Waals surface area contributed by atoms with Crippen LogP contribution in [-0.4, -0.2) is 66.0 Å². The smallest absolute Gasteiger partial charge is 0.178 e. The lowest BCUT2D eigenvalue weighted by Gasteiger charge is -2.40. The van der Waals surface area contributed by atoms with E-state index in [9.17, 15) is 0 Å². The van der Waals surface area contributed by atoms with Crippen molar-refractivity contribution in [3.63, 3.8) is 0 Å². The van der Waals surface area contributed by atoms with Gasteiger partial charge >= 0.3 is 0 Å². The molecule has 0 amide bonds. The van der Waals surface area contributed by atoms with Gasteiger partial charge in [-0.2, -0.15) is 0 Å². The van der Waals surface area contributed by atoms with E-state index in [2.05, 4.69) is 115 Å². The number of fused-ring (bicyclic) bond motifs is 8. The summed E-state index contributed by atoms with van der Waals surface area (Å²) in [6, 6.07) is 31.4. The molecule has 0 radical (unpaired) electrons. The lowest BCUT2D eigenvalue weighted by molar-refractivity contribution is 0.122. The minimum atomic E-state index is -0.862. The first-order valence-electron chi connectivity index (χ1n) is 19.2. The highest BCUT2D eigenvalue weighted by molar-refractivity contribution is 7.98. The molecule has 53 heavy (non-hydrogen) atoms. The molecule has 3 heterocycles. The van der Waals surface area contributed by atoms with E-state index in [1.54, 1.807) is 7.11 Å². The Kier molecular flexibility index (Phi) is 8.92. The molecule has 7 heteroatoms. The van der Waals surface area contributed by atoms with Crippen molar-refractivity contribution in [3.05, 3.63) is 119 Å². The van der Waals surface area contributed by atoms with E-state index in [0.29, 0.717) is 0 Å². The third-order valence-electron chi connectivity index (χ3n) is 12.3. The number of methoxy groups -OCH3 is 1. The molecule has 1 unspecified atom stereocenters. The largest absolute Gasteiger partial charge is 0.497 e. The molecular weight excluding hydrogens is 677 g/mol. The second-order valence-corrected chi connectivity index (χ2v) is 15.4. The molecule has 0 bridgehead atoms. The van der Waals surface area contributed by atoms with Crippen LogP contribution in [0.15, 0.2) is 95.9 Å². The van der Waals surface area contributed by atoms with Crippen molar-refractivity contribution in [1.29, 1.82) is 0 Å². The van der Waals surface area contributed by atoms with Crippen LogP contribution in [-0.2, 0) is 20.5 Å². The minimum Gasteiger partial charge on any atom is -0.497 e. The van der Waals surface area contributed by atoms with E-state index in [-0.39, 0.29) is 5.41 Å². The molecule has 5 aromatic rings. The molecule has 0 N–H and O–H groups in total. The van der Waals surface area contributed by atoms with Crippen LogP contribution in [0.25, 0.3) is 28.0 Å². The Balaban J connectivity index is 1.31. The Morgan fingerprint density at radius 2 is 1.40 bits per heavy atom. The SMILES string of the molecule is CCC1(CC)c2ccccc2-c2c1c1c(c3cc(SC)c(N4CCOCC4)cc23)OC(c2ccc(OC)cc2)(c2ccc(N3CCOCC3)cc2)C=C1. The summed E-state index contributed by atoms with van der Waals surface area (Å²) < 4.78 is 24.8. The number of morpholine rings is 2. The van der Waals surface area contributed by atoms with Gasteiger partial charge in [-0.05, 0) is 89.2 Å². The average molecular weight is 725 g/mol. The van der Waals surface area contributed by atoms with Crippen LogP contribution in [0.4, 0.5) is 11.4 Å². The topological polar surface area (TPSA) is 43.4 Å². The molecule has 4 aliphatic rings. The van der Waals surface area contributed by atoms with Crippen LogP contribution >= 0.6 is 11.8 Å². The summed E-state index contributed by atoms with van der Waals surface area (Å²) in [6.07, 6.45) is 8.90.